The van der Waals surface area contributed by atoms with E-state index in [1.165, 1.54) is 0 Å². The van der Waals surface area contributed by atoms with E-state index in [1.54, 1.807) is 17.9 Å². The normalized spacial score (nSPS) is 16.2. The van der Waals surface area contributed by atoms with Crippen LogP contribution in [-0.4, -0.2) is 82.7 Å². The fraction of sp³-hybridized carbons (Fsp3) is 0.688. The lowest BCUT2D eigenvalue weighted by atomic mass is 10.1. The van der Waals surface area contributed by atoms with Gasteiger partial charge in [0.25, 0.3) is 0 Å². The maximum absolute atomic E-state index is 12.8. The summed E-state index contributed by atoms with van der Waals surface area (Å²) in [6.45, 7) is 7.64. The Morgan fingerprint density at radius 1 is 1.21 bits per heavy atom. The molecule has 1 aromatic rings. The van der Waals surface area contributed by atoms with Gasteiger partial charge in [-0.15, -0.1) is 0 Å². The monoisotopic (exact) mass is 336 g/mol. The van der Waals surface area contributed by atoms with Crippen LogP contribution < -0.4 is 5.32 Å². The molecular weight excluding hydrogens is 308 g/mol. The fourth-order valence-corrected chi connectivity index (χ4v) is 3.02. The van der Waals surface area contributed by atoms with Crippen LogP contribution in [0, 0.1) is 0 Å². The van der Waals surface area contributed by atoms with Crippen LogP contribution >= 0.6 is 0 Å². The molecule has 24 heavy (non-hydrogen) atoms. The number of nitrogens with zero attached hydrogens (tertiary/aromatic N) is 5. The summed E-state index contributed by atoms with van der Waals surface area (Å²) in [6.07, 6.45) is 3.55. The van der Waals surface area contributed by atoms with Gasteiger partial charge < -0.3 is 20.0 Å². The molecule has 0 aliphatic carbocycles. The lowest BCUT2D eigenvalue weighted by molar-refractivity contribution is -0.135. The van der Waals surface area contributed by atoms with Gasteiger partial charge in [0, 0.05) is 58.1 Å². The second-order valence-electron chi connectivity index (χ2n) is 5.94. The Morgan fingerprint density at radius 3 is 2.25 bits per heavy atom. The first-order valence-corrected chi connectivity index (χ1v) is 8.50. The van der Waals surface area contributed by atoms with Gasteiger partial charge >= 0.3 is 6.03 Å². The minimum absolute atomic E-state index is 0.0282. The SMILES string of the molecule is CCN(CC)C(=O)N1CCN(C(=O)C(NC)c2cnn(C)c2)CC1. The molecule has 0 bridgehead atoms. The third kappa shape index (κ3) is 3.87. The van der Waals surface area contributed by atoms with E-state index >= 15 is 0 Å². The number of piperazine rings is 1. The summed E-state index contributed by atoms with van der Waals surface area (Å²) >= 11 is 0. The minimum atomic E-state index is -0.399. The second kappa shape index (κ2) is 8.14. The first-order chi connectivity index (χ1) is 11.5. The zero-order chi connectivity index (χ0) is 17.7. The van der Waals surface area contributed by atoms with E-state index in [9.17, 15) is 9.59 Å². The lowest BCUT2D eigenvalue weighted by Gasteiger charge is -2.38. The average Bonchev–Trinajstić information content (AvgIpc) is 3.02. The van der Waals surface area contributed by atoms with E-state index in [4.69, 9.17) is 0 Å². The zero-order valence-corrected chi connectivity index (χ0v) is 15.0. The topological polar surface area (TPSA) is 73.7 Å². The van der Waals surface area contributed by atoms with Crippen molar-refractivity contribution in [2.24, 2.45) is 7.05 Å². The number of amides is 3. The molecule has 1 N–H and O–H groups in total. The predicted molar refractivity (Wildman–Crippen MR) is 91.5 cm³/mol. The molecule has 2 rings (SSSR count). The molecular formula is C16H28N6O2. The number of aryl methyl sites for hydroxylation is 1. The molecule has 1 unspecified atom stereocenters. The molecule has 1 saturated heterocycles. The van der Waals surface area contributed by atoms with E-state index in [0.717, 1.165) is 5.56 Å². The maximum Gasteiger partial charge on any atom is 0.320 e. The van der Waals surface area contributed by atoms with Crippen molar-refractivity contribution in [3.63, 3.8) is 0 Å². The Morgan fingerprint density at radius 2 is 1.79 bits per heavy atom. The van der Waals surface area contributed by atoms with Crippen molar-refractivity contribution >= 4 is 11.9 Å². The number of carbonyl (C=O) groups is 2. The molecule has 8 nitrogen and oxygen atoms in total. The van der Waals surface area contributed by atoms with Gasteiger partial charge in [-0.25, -0.2) is 4.79 Å². The summed E-state index contributed by atoms with van der Waals surface area (Å²) < 4.78 is 1.69. The molecule has 0 radical (unpaired) electrons. The first-order valence-electron chi connectivity index (χ1n) is 8.50. The molecule has 1 aliphatic rings. The molecule has 1 fully saturated rings. The third-order valence-electron chi connectivity index (χ3n) is 4.49. The average molecular weight is 336 g/mol. The van der Waals surface area contributed by atoms with E-state index in [-0.39, 0.29) is 11.9 Å². The number of likely N-dealkylation sites (N-methyl/N-ethyl adjacent to an activating group) is 1. The highest BCUT2D eigenvalue weighted by atomic mass is 16.2. The lowest BCUT2D eigenvalue weighted by Crippen LogP contribution is -2.55. The van der Waals surface area contributed by atoms with E-state index < -0.39 is 6.04 Å². The fourth-order valence-electron chi connectivity index (χ4n) is 3.02. The summed E-state index contributed by atoms with van der Waals surface area (Å²) in [7, 11) is 3.61. The number of urea groups is 1. The Kier molecular flexibility index (Phi) is 6.19. The summed E-state index contributed by atoms with van der Waals surface area (Å²) in [5.41, 5.74) is 0.853. The van der Waals surface area contributed by atoms with Crippen molar-refractivity contribution in [1.82, 2.24) is 29.8 Å². The Hall–Kier alpha value is -2.09. The van der Waals surface area contributed by atoms with Gasteiger partial charge in [-0.2, -0.15) is 5.10 Å². The van der Waals surface area contributed by atoms with Crippen LogP contribution in [0.2, 0.25) is 0 Å². The molecule has 134 valence electrons. The highest BCUT2D eigenvalue weighted by Gasteiger charge is 2.30. The number of rotatable bonds is 5. The number of hydrogen-bond donors (Lipinski definition) is 1. The molecule has 3 amide bonds. The Bertz CT molecular complexity index is 561. The number of hydrogen-bond acceptors (Lipinski definition) is 4. The quantitative estimate of drug-likeness (QED) is 0.839. The van der Waals surface area contributed by atoms with Crippen molar-refractivity contribution in [1.29, 1.82) is 0 Å². The van der Waals surface area contributed by atoms with Crippen molar-refractivity contribution < 1.29 is 9.59 Å². The number of carbonyl (C=O) groups excluding carboxylic acids is 2. The van der Waals surface area contributed by atoms with Crippen LogP contribution in [0.5, 0.6) is 0 Å². The molecule has 1 aliphatic heterocycles. The third-order valence-corrected chi connectivity index (χ3v) is 4.49. The Labute approximate surface area is 143 Å². The summed E-state index contributed by atoms with van der Waals surface area (Å²) in [6, 6.07) is -0.340. The van der Waals surface area contributed by atoms with Gasteiger partial charge in [-0.1, -0.05) is 0 Å². The maximum atomic E-state index is 12.8. The van der Waals surface area contributed by atoms with Crippen LogP contribution in [0.15, 0.2) is 12.4 Å². The van der Waals surface area contributed by atoms with Crippen LogP contribution in [0.1, 0.15) is 25.5 Å². The van der Waals surface area contributed by atoms with E-state index in [1.807, 2.05) is 41.8 Å². The van der Waals surface area contributed by atoms with Crippen molar-refractivity contribution in [3.05, 3.63) is 18.0 Å². The van der Waals surface area contributed by atoms with E-state index in [2.05, 4.69) is 10.4 Å². The zero-order valence-electron chi connectivity index (χ0n) is 15.0. The smallest absolute Gasteiger partial charge is 0.320 e. The molecule has 2 heterocycles. The predicted octanol–water partition coefficient (Wildman–Crippen LogP) is 0.287. The number of aromatic nitrogens is 2. The standard InChI is InChI=1S/C16H28N6O2/c1-5-20(6-2)16(24)22-9-7-21(8-10-22)15(23)14(17-3)13-11-18-19(4)12-13/h11-12,14,17H,5-10H2,1-4H3. The van der Waals surface area contributed by atoms with Gasteiger partial charge in [0.15, 0.2) is 0 Å². The molecule has 1 atom stereocenters. The van der Waals surface area contributed by atoms with Gasteiger partial charge in [0.1, 0.15) is 6.04 Å². The van der Waals surface area contributed by atoms with Crippen molar-refractivity contribution in [2.45, 2.75) is 19.9 Å². The summed E-state index contributed by atoms with van der Waals surface area (Å²) in [5.74, 6) is 0.0282. The first kappa shape index (κ1) is 18.3. The van der Waals surface area contributed by atoms with Gasteiger partial charge in [-0.05, 0) is 20.9 Å². The second-order valence-corrected chi connectivity index (χ2v) is 5.94. The van der Waals surface area contributed by atoms with Gasteiger partial charge in [0.05, 0.1) is 6.20 Å². The number of nitrogens with one attached hydrogen (secondary N) is 1. The van der Waals surface area contributed by atoms with Gasteiger partial charge in [-0.3, -0.25) is 9.48 Å². The molecule has 0 saturated carbocycles. The minimum Gasteiger partial charge on any atom is -0.337 e. The summed E-state index contributed by atoms with van der Waals surface area (Å²) in [5, 5.41) is 7.20. The summed E-state index contributed by atoms with van der Waals surface area (Å²) in [4.78, 5) is 30.6. The molecule has 1 aromatic heterocycles. The largest absolute Gasteiger partial charge is 0.337 e. The van der Waals surface area contributed by atoms with E-state index in [0.29, 0.717) is 39.3 Å². The van der Waals surface area contributed by atoms with Crippen LogP contribution in [0.3, 0.4) is 0 Å². The molecule has 0 spiro atoms. The molecule has 0 aromatic carbocycles. The van der Waals surface area contributed by atoms with Gasteiger partial charge in [0.2, 0.25) is 5.91 Å². The van der Waals surface area contributed by atoms with Crippen molar-refractivity contribution in [2.75, 3.05) is 46.3 Å². The van der Waals surface area contributed by atoms with Crippen molar-refractivity contribution in [3.8, 4) is 0 Å². The van der Waals surface area contributed by atoms with Crippen LogP contribution in [-0.2, 0) is 11.8 Å². The highest BCUT2D eigenvalue weighted by Crippen LogP contribution is 2.16. The van der Waals surface area contributed by atoms with Crippen LogP contribution in [0.25, 0.3) is 0 Å². The Balaban J connectivity index is 1.95. The highest BCUT2D eigenvalue weighted by molar-refractivity contribution is 5.83. The molecule has 8 heteroatoms. The van der Waals surface area contributed by atoms with Crippen LogP contribution in [0.4, 0.5) is 4.79 Å².